The molecule has 0 saturated carbocycles. The monoisotopic (exact) mass is 294 g/mol. The van der Waals surface area contributed by atoms with Gasteiger partial charge in [-0.3, -0.25) is 9.59 Å². The summed E-state index contributed by atoms with van der Waals surface area (Å²) in [5, 5.41) is 2.62. The van der Waals surface area contributed by atoms with E-state index in [1.54, 1.807) is 18.2 Å². The quantitative estimate of drug-likeness (QED) is 0.795. The number of hydrogen-bond acceptors (Lipinski definition) is 4. The molecule has 1 aromatic carbocycles. The topological polar surface area (TPSA) is 83.6 Å². The lowest BCUT2D eigenvalue weighted by atomic mass is 10.2. The van der Waals surface area contributed by atoms with Crippen LogP contribution in [-0.2, 0) is 19.4 Å². The normalized spacial score (nSPS) is 24.1. The number of anilines is 1. The molecule has 106 valence electrons. The van der Waals surface area contributed by atoms with Crippen LogP contribution in [0.4, 0.5) is 5.69 Å². The highest BCUT2D eigenvalue weighted by atomic mass is 32.2. The maximum atomic E-state index is 12.4. The number of amides is 2. The summed E-state index contributed by atoms with van der Waals surface area (Å²) in [7, 11) is -3.32. The van der Waals surface area contributed by atoms with Crippen LogP contribution in [0.3, 0.4) is 0 Å². The molecule has 0 spiro atoms. The second kappa shape index (κ2) is 4.59. The molecular formula is C13H14N2O4S. The summed E-state index contributed by atoms with van der Waals surface area (Å²) in [5.41, 5.74) is 0.407. The van der Waals surface area contributed by atoms with Gasteiger partial charge in [-0.2, -0.15) is 0 Å². The molecule has 1 atom stereocenters. The Labute approximate surface area is 116 Å². The fourth-order valence-corrected chi connectivity index (χ4v) is 4.03. The van der Waals surface area contributed by atoms with Gasteiger partial charge in [0.05, 0.1) is 16.3 Å². The number of fused-ring (bicyclic) bond motifs is 1. The molecule has 6 nitrogen and oxygen atoms in total. The maximum Gasteiger partial charge on any atom is 0.249 e. The highest BCUT2D eigenvalue weighted by Crippen LogP contribution is 2.31. The van der Waals surface area contributed by atoms with Crippen molar-refractivity contribution in [3.05, 3.63) is 24.3 Å². The Hall–Kier alpha value is -1.89. The second-order valence-electron chi connectivity index (χ2n) is 4.94. The molecule has 1 N–H and O–H groups in total. The molecule has 3 rings (SSSR count). The molecule has 7 heteroatoms. The van der Waals surface area contributed by atoms with Crippen molar-refractivity contribution in [2.45, 2.75) is 23.8 Å². The highest BCUT2D eigenvalue weighted by molar-refractivity contribution is 7.91. The van der Waals surface area contributed by atoms with Gasteiger partial charge in [-0.1, -0.05) is 12.1 Å². The summed E-state index contributed by atoms with van der Waals surface area (Å²) in [6.45, 7) is 0.130. The molecule has 1 unspecified atom stereocenters. The van der Waals surface area contributed by atoms with Crippen molar-refractivity contribution in [1.29, 1.82) is 0 Å². The van der Waals surface area contributed by atoms with Crippen molar-refractivity contribution in [2.24, 2.45) is 0 Å². The van der Waals surface area contributed by atoms with Gasteiger partial charge in [0.15, 0.2) is 9.84 Å². The Morgan fingerprint density at radius 2 is 2.05 bits per heavy atom. The smallest absolute Gasteiger partial charge is 0.249 e. The van der Waals surface area contributed by atoms with E-state index < -0.39 is 15.9 Å². The Bertz CT molecular complexity index is 683. The van der Waals surface area contributed by atoms with E-state index in [0.717, 1.165) is 0 Å². The van der Waals surface area contributed by atoms with Crippen molar-refractivity contribution in [1.82, 2.24) is 5.32 Å². The third-order valence-electron chi connectivity index (χ3n) is 3.63. The molecule has 1 fully saturated rings. The number of hydrogen-bond donors (Lipinski definition) is 1. The van der Waals surface area contributed by atoms with Gasteiger partial charge < -0.3 is 10.2 Å². The maximum absolute atomic E-state index is 12.4. The number of sulfone groups is 1. The zero-order chi connectivity index (χ0) is 14.3. The average molecular weight is 294 g/mol. The molecule has 20 heavy (non-hydrogen) atoms. The summed E-state index contributed by atoms with van der Waals surface area (Å²) in [4.78, 5) is 25.3. The van der Waals surface area contributed by atoms with E-state index in [4.69, 9.17) is 0 Å². The molecule has 1 aromatic rings. The van der Waals surface area contributed by atoms with Gasteiger partial charge in [-0.15, -0.1) is 0 Å². The molecule has 0 bridgehead atoms. The molecule has 1 saturated heterocycles. The van der Waals surface area contributed by atoms with E-state index in [-0.39, 0.29) is 29.0 Å². The van der Waals surface area contributed by atoms with Crippen molar-refractivity contribution < 1.29 is 18.0 Å². The first-order chi connectivity index (χ1) is 9.49. The lowest BCUT2D eigenvalue weighted by Crippen LogP contribution is -2.48. The first-order valence-electron chi connectivity index (χ1n) is 6.41. The van der Waals surface area contributed by atoms with E-state index in [9.17, 15) is 18.0 Å². The van der Waals surface area contributed by atoms with E-state index in [1.165, 1.54) is 11.0 Å². The van der Waals surface area contributed by atoms with Crippen LogP contribution < -0.4 is 10.2 Å². The average Bonchev–Trinajstić information content (AvgIpc) is 2.85. The van der Waals surface area contributed by atoms with Crippen LogP contribution in [0.25, 0.3) is 0 Å². The minimum Gasteiger partial charge on any atom is -0.344 e. The van der Waals surface area contributed by atoms with Crippen LogP contribution in [0.5, 0.6) is 0 Å². The van der Waals surface area contributed by atoms with E-state index >= 15 is 0 Å². The zero-order valence-corrected chi connectivity index (χ0v) is 11.5. The molecule has 2 heterocycles. The van der Waals surface area contributed by atoms with Crippen molar-refractivity contribution >= 4 is 27.3 Å². The largest absolute Gasteiger partial charge is 0.344 e. The number of benzene rings is 1. The first kappa shape index (κ1) is 13.1. The van der Waals surface area contributed by atoms with E-state index in [2.05, 4.69) is 5.32 Å². The number of nitrogens with zero attached hydrogens (tertiary/aromatic N) is 1. The Balaban J connectivity index is 1.96. The molecule has 0 radical (unpaired) electrons. The number of nitrogens with one attached hydrogen (secondary N) is 1. The van der Waals surface area contributed by atoms with Gasteiger partial charge in [-0.05, 0) is 18.6 Å². The Morgan fingerprint density at radius 3 is 2.75 bits per heavy atom. The van der Waals surface area contributed by atoms with Gasteiger partial charge in [0.25, 0.3) is 0 Å². The zero-order valence-electron chi connectivity index (χ0n) is 10.7. The fourth-order valence-electron chi connectivity index (χ4n) is 2.60. The van der Waals surface area contributed by atoms with Crippen LogP contribution >= 0.6 is 0 Å². The SMILES string of the molecule is O=C1CCC(C(=O)N2CCS(=O)(=O)c3ccccc32)N1. The number of carbonyl (C=O) groups is 2. The molecule has 2 amide bonds. The fraction of sp³-hybridized carbons (Fsp3) is 0.385. The van der Waals surface area contributed by atoms with Gasteiger partial charge in [0.2, 0.25) is 11.8 Å². The van der Waals surface area contributed by atoms with E-state index in [1.807, 2.05) is 0 Å². The van der Waals surface area contributed by atoms with Crippen LogP contribution in [-0.4, -0.2) is 38.6 Å². The third kappa shape index (κ3) is 2.07. The summed E-state index contributed by atoms with van der Waals surface area (Å²) in [5.74, 6) is -0.462. The van der Waals surface area contributed by atoms with E-state index in [0.29, 0.717) is 18.5 Å². The van der Waals surface area contributed by atoms with Crippen LogP contribution in [0.15, 0.2) is 29.2 Å². The predicted octanol–water partition coefficient (Wildman–Crippen LogP) is 0.0855. The summed E-state index contributed by atoms with van der Waals surface area (Å²) in [6, 6.07) is 5.93. The van der Waals surface area contributed by atoms with Crippen molar-refractivity contribution in [3.8, 4) is 0 Å². The van der Waals surface area contributed by atoms with Gasteiger partial charge >= 0.3 is 0 Å². The van der Waals surface area contributed by atoms with Gasteiger partial charge in [0.1, 0.15) is 6.04 Å². The van der Waals surface area contributed by atoms with Crippen LogP contribution in [0.1, 0.15) is 12.8 Å². The summed E-state index contributed by atoms with van der Waals surface area (Å²) in [6.07, 6.45) is 0.799. The minimum absolute atomic E-state index is 0.0869. The molecule has 2 aliphatic rings. The van der Waals surface area contributed by atoms with Gasteiger partial charge in [0, 0.05) is 13.0 Å². The Morgan fingerprint density at radius 1 is 1.30 bits per heavy atom. The summed E-state index contributed by atoms with van der Waals surface area (Å²) < 4.78 is 24.0. The summed E-state index contributed by atoms with van der Waals surface area (Å²) >= 11 is 0. The minimum atomic E-state index is -3.32. The lowest BCUT2D eigenvalue weighted by molar-refractivity contribution is -0.124. The number of para-hydroxylation sites is 1. The van der Waals surface area contributed by atoms with Gasteiger partial charge in [-0.25, -0.2) is 8.42 Å². The number of carbonyl (C=O) groups excluding carboxylic acids is 2. The number of rotatable bonds is 1. The molecular weight excluding hydrogens is 280 g/mol. The van der Waals surface area contributed by atoms with Crippen LogP contribution in [0, 0.1) is 0 Å². The Kier molecular flexibility index (Phi) is 3.01. The first-order valence-corrected chi connectivity index (χ1v) is 8.07. The van der Waals surface area contributed by atoms with Crippen LogP contribution in [0.2, 0.25) is 0 Å². The third-order valence-corrected chi connectivity index (χ3v) is 5.37. The standard InChI is InChI=1S/C13H14N2O4S/c16-12-6-5-9(14-12)13(17)15-7-8-20(18,19)11-4-2-1-3-10(11)15/h1-4,9H,5-8H2,(H,14,16). The predicted molar refractivity (Wildman–Crippen MR) is 72.0 cm³/mol. The van der Waals surface area contributed by atoms with Crippen molar-refractivity contribution in [3.63, 3.8) is 0 Å². The second-order valence-corrected chi connectivity index (χ2v) is 7.01. The molecule has 2 aliphatic heterocycles. The van der Waals surface area contributed by atoms with Crippen molar-refractivity contribution in [2.75, 3.05) is 17.2 Å². The molecule has 0 aliphatic carbocycles. The lowest BCUT2D eigenvalue weighted by Gasteiger charge is -2.30. The molecule has 0 aromatic heterocycles. The highest BCUT2D eigenvalue weighted by Gasteiger charge is 2.36.